The molecular weight excluding hydrogens is 361 g/mol. The van der Waals surface area contributed by atoms with E-state index < -0.39 is 0 Å². The van der Waals surface area contributed by atoms with Crippen molar-refractivity contribution in [3.05, 3.63) is 53.2 Å². The zero-order valence-electron chi connectivity index (χ0n) is 15.9. The fourth-order valence-electron chi connectivity index (χ4n) is 3.98. The van der Waals surface area contributed by atoms with Gasteiger partial charge in [-0.25, -0.2) is 4.39 Å². The number of hydrogen-bond acceptors (Lipinski definition) is 5. The van der Waals surface area contributed by atoms with Crippen LogP contribution in [0.1, 0.15) is 53.4 Å². The van der Waals surface area contributed by atoms with Crippen molar-refractivity contribution in [2.24, 2.45) is 0 Å². The molecule has 0 spiro atoms. The summed E-state index contributed by atoms with van der Waals surface area (Å²) < 4.78 is 24.0. The van der Waals surface area contributed by atoms with Gasteiger partial charge in [0.15, 0.2) is 0 Å². The van der Waals surface area contributed by atoms with Gasteiger partial charge >= 0.3 is 0 Å². The zero-order chi connectivity index (χ0) is 19.3. The Morgan fingerprint density at radius 2 is 2.11 bits per heavy atom. The molecule has 1 amide bonds. The van der Waals surface area contributed by atoms with E-state index in [1.807, 2.05) is 6.07 Å². The van der Waals surface area contributed by atoms with Crippen LogP contribution in [-0.2, 0) is 11.3 Å². The zero-order valence-corrected chi connectivity index (χ0v) is 15.9. The van der Waals surface area contributed by atoms with E-state index in [9.17, 15) is 9.18 Å². The van der Waals surface area contributed by atoms with Crippen LogP contribution in [0.4, 0.5) is 4.39 Å². The van der Waals surface area contributed by atoms with Gasteiger partial charge in [0.2, 0.25) is 5.76 Å². The van der Waals surface area contributed by atoms with E-state index in [1.54, 1.807) is 18.2 Å². The third-order valence-corrected chi connectivity index (χ3v) is 5.55. The van der Waals surface area contributed by atoms with Crippen LogP contribution in [0.15, 0.2) is 34.9 Å². The van der Waals surface area contributed by atoms with E-state index >= 15 is 0 Å². The summed E-state index contributed by atoms with van der Waals surface area (Å²) in [6.45, 7) is 3.89. The Bertz CT molecular complexity index is 796. The molecule has 150 valence electrons. The molecule has 2 aromatic rings. The number of likely N-dealkylation sites (tertiary alicyclic amines) is 1. The summed E-state index contributed by atoms with van der Waals surface area (Å²) in [4.78, 5) is 14.7. The van der Waals surface area contributed by atoms with E-state index in [-0.39, 0.29) is 29.4 Å². The van der Waals surface area contributed by atoms with E-state index in [0.29, 0.717) is 6.61 Å². The largest absolute Gasteiger partial charge is 0.379 e. The molecule has 3 heterocycles. The minimum Gasteiger partial charge on any atom is -0.379 e. The number of amides is 1. The number of carbonyl (C=O) groups is 1. The van der Waals surface area contributed by atoms with Gasteiger partial charge in [0.1, 0.15) is 5.82 Å². The average molecular weight is 387 g/mol. The molecule has 2 aliphatic heterocycles. The van der Waals surface area contributed by atoms with Crippen LogP contribution in [-0.4, -0.2) is 48.3 Å². The highest BCUT2D eigenvalue weighted by Crippen LogP contribution is 2.28. The van der Waals surface area contributed by atoms with Crippen LogP contribution >= 0.6 is 0 Å². The third-order valence-electron chi connectivity index (χ3n) is 5.55. The first kappa shape index (κ1) is 19.1. The lowest BCUT2D eigenvalue weighted by molar-refractivity contribution is 0.0608. The van der Waals surface area contributed by atoms with Gasteiger partial charge in [-0.1, -0.05) is 17.3 Å². The summed E-state index contributed by atoms with van der Waals surface area (Å²) in [5.74, 6) is 0.133. The fourth-order valence-corrected chi connectivity index (χ4v) is 3.98. The Labute approximate surface area is 164 Å². The van der Waals surface area contributed by atoms with E-state index in [1.165, 1.54) is 6.07 Å². The lowest BCUT2D eigenvalue weighted by atomic mass is 9.93. The summed E-state index contributed by atoms with van der Waals surface area (Å²) in [5.41, 5.74) is 1.83. The smallest absolute Gasteiger partial charge is 0.290 e. The number of nitrogens with one attached hydrogen (secondary N) is 1. The summed E-state index contributed by atoms with van der Waals surface area (Å²) in [5, 5.41) is 7.09. The van der Waals surface area contributed by atoms with Crippen LogP contribution in [0.2, 0.25) is 0 Å². The van der Waals surface area contributed by atoms with E-state index in [4.69, 9.17) is 9.26 Å². The van der Waals surface area contributed by atoms with Crippen molar-refractivity contribution < 1.29 is 18.4 Å². The maximum atomic E-state index is 13.3. The number of aromatic nitrogens is 1. The number of ether oxygens (including phenoxy) is 1. The molecule has 0 radical (unpaired) electrons. The van der Waals surface area contributed by atoms with Gasteiger partial charge in [0.05, 0.1) is 18.3 Å². The molecule has 0 saturated carbocycles. The molecule has 7 heteroatoms. The van der Waals surface area contributed by atoms with Crippen LogP contribution < -0.4 is 5.32 Å². The SMILES string of the molecule is O=C(NC1CCCOC1)c1cc(C2CCN(Cc3cccc(F)c3)CC2)no1. The number of nitrogens with zero attached hydrogens (tertiary/aromatic N) is 2. The van der Waals surface area contributed by atoms with Gasteiger partial charge < -0.3 is 14.6 Å². The van der Waals surface area contributed by atoms with Crippen molar-refractivity contribution in [1.82, 2.24) is 15.4 Å². The van der Waals surface area contributed by atoms with Crippen molar-refractivity contribution in [2.45, 2.75) is 44.2 Å². The molecule has 4 rings (SSSR count). The maximum absolute atomic E-state index is 13.3. The second kappa shape index (κ2) is 8.84. The van der Waals surface area contributed by atoms with Gasteiger partial charge in [0, 0.05) is 25.1 Å². The molecule has 6 nitrogen and oxygen atoms in total. The Kier molecular flexibility index (Phi) is 6.02. The van der Waals surface area contributed by atoms with Crippen molar-refractivity contribution in [2.75, 3.05) is 26.3 Å². The molecule has 0 bridgehead atoms. The number of rotatable bonds is 5. The molecule has 1 N–H and O–H groups in total. The van der Waals surface area contributed by atoms with Crippen LogP contribution in [0, 0.1) is 5.82 Å². The number of piperidine rings is 1. The lowest BCUT2D eigenvalue weighted by Gasteiger charge is -2.31. The molecule has 2 aliphatic rings. The molecular formula is C21H26FN3O3. The molecule has 1 atom stereocenters. The Morgan fingerprint density at radius 3 is 2.86 bits per heavy atom. The molecule has 0 aliphatic carbocycles. The van der Waals surface area contributed by atoms with Crippen molar-refractivity contribution in [3.8, 4) is 0 Å². The first-order valence-corrected chi connectivity index (χ1v) is 9.99. The highest BCUT2D eigenvalue weighted by molar-refractivity contribution is 5.91. The van der Waals surface area contributed by atoms with Gasteiger partial charge in [-0.15, -0.1) is 0 Å². The maximum Gasteiger partial charge on any atom is 0.290 e. The lowest BCUT2D eigenvalue weighted by Crippen LogP contribution is -2.40. The van der Waals surface area contributed by atoms with Crippen molar-refractivity contribution >= 4 is 5.91 Å². The molecule has 1 aromatic carbocycles. The standard InChI is InChI=1S/C21H26FN3O3/c22-17-4-1-3-15(11-17)13-25-8-6-16(7-9-25)19-12-20(28-24-19)21(26)23-18-5-2-10-27-14-18/h1,3-4,11-12,16,18H,2,5-10,13-14H2,(H,23,26). The summed E-state index contributed by atoms with van der Waals surface area (Å²) in [6.07, 6.45) is 3.77. The molecule has 1 unspecified atom stereocenters. The second-order valence-corrected chi connectivity index (χ2v) is 7.68. The molecule has 28 heavy (non-hydrogen) atoms. The van der Waals surface area contributed by atoms with E-state index in [2.05, 4.69) is 15.4 Å². The number of benzene rings is 1. The van der Waals surface area contributed by atoms with Crippen molar-refractivity contribution in [3.63, 3.8) is 0 Å². The molecule has 2 fully saturated rings. The first-order valence-electron chi connectivity index (χ1n) is 9.99. The molecule has 1 aromatic heterocycles. The number of hydrogen-bond donors (Lipinski definition) is 1. The Hall–Kier alpha value is -2.25. The third kappa shape index (κ3) is 4.77. The number of halogens is 1. The number of carbonyl (C=O) groups excluding carboxylic acids is 1. The van der Waals surface area contributed by atoms with Gasteiger partial charge in [-0.2, -0.15) is 0 Å². The topological polar surface area (TPSA) is 67.6 Å². The van der Waals surface area contributed by atoms with Gasteiger partial charge in [-0.05, 0) is 56.5 Å². The highest BCUT2D eigenvalue weighted by atomic mass is 19.1. The monoisotopic (exact) mass is 387 g/mol. The predicted molar refractivity (Wildman–Crippen MR) is 101 cm³/mol. The Morgan fingerprint density at radius 1 is 1.25 bits per heavy atom. The quantitative estimate of drug-likeness (QED) is 0.854. The van der Waals surface area contributed by atoms with Crippen molar-refractivity contribution in [1.29, 1.82) is 0 Å². The fraction of sp³-hybridized carbons (Fsp3) is 0.524. The van der Waals surface area contributed by atoms with Crippen LogP contribution in [0.5, 0.6) is 0 Å². The second-order valence-electron chi connectivity index (χ2n) is 7.68. The van der Waals surface area contributed by atoms with Crippen LogP contribution in [0.3, 0.4) is 0 Å². The summed E-state index contributed by atoms with van der Waals surface area (Å²) in [6, 6.07) is 8.57. The van der Waals surface area contributed by atoms with Crippen LogP contribution in [0.25, 0.3) is 0 Å². The normalized spacial score (nSPS) is 21.5. The highest BCUT2D eigenvalue weighted by Gasteiger charge is 2.26. The van der Waals surface area contributed by atoms with Gasteiger partial charge in [-0.3, -0.25) is 9.69 Å². The minimum absolute atomic E-state index is 0.0425. The first-order chi connectivity index (χ1) is 13.7. The molecule has 2 saturated heterocycles. The summed E-state index contributed by atoms with van der Waals surface area (Å²) in [7, 11) is 0. The predicted octanol–water partition coefficient (Wildman–Crippen LogP) is 3.10. The minimum atomic E-state index is -0.224. The summed E-state index contributed by atoms with van der Waals surface area (Å²) >= 11 is 0. The Balaban J connectivity index is 1.28. The van der Waals surface area contributed by atoms with Gasteiger partial charge in [0.25, 0.3) is 5.91 Å². The van der Waals surface area contributed by atoms with E-state index in [0.717, 1.165) is 63.2 Å². The average Bonchev–Trinajstić information content (AvgIpc) is 3.20.